The van der Waals surface area contributed by atoms with Crippen molar-refractivity contribution in [2.45, 2.75) is 6.92 Å². The second-order valence-corrected chi connectivity index (χ2v) is 4.62. The summed E-state index contributed by atoms with van der Waals surface area (Å²) in [5.41, 5.74) is 1.47. The number of amides is 1. The highest BCUT2D eigenvalue weighted by Gasteiger charge is 2.07. The SMILES string of the molecule is CCNC(=O)c1ccc2nc(Cl)sc2c1. The first-order valence-electron chi connectivity index (χ1n) is 4.55. The molecule has 2 aromatic rings. The van der Waals surface area contributed by atoms with Crippen molar-refractivity contribution in [1.29, 1.82) is 0 Å². The van der Waals surface area contributed by atoms with Gasteiger partial charge in [0.2, 0.25) is 0 Å². The zero-order chi connectivity index (χ0) is 10.8. The molecule has 0 saturated carbocycles. The number of carbonyl (C=O) groups excluding carboxylic acids is 1. The van der Waals surface area contributed by atoms with Gasteiger partial charge in [0.05, 0.1) is 10.2 Å². The highest BCUT2D eigenvalue weighted by atomic mass is 35.5. The summed E-state index contributed by atoms with van der Waals surface area (Å²) >= 11 is 7.16. The van der Waals surface area contributed by atoms with Gasteiger partial charge in [-0.15, -0.1) is 11.3 Å². The second-order valence-electron chi connectivity index (χ2n) is 3.01. The zero-order valence-electron chi connectivity index (χ0n) is 8.08. The molecule has 0 atom stereocenters. The molecule has 0 aliphatic carbocycles. The fourth-order valence-electron chi connectivity index (χ4n) is 1.30. The molecule has 1 aromatic carbocycles. The highest BCUT2D eigenvalue weighted by Crippen LogP contribution is 2.26. The monoisotopic (exact) mass is 240 g/mol. The fraction of sp³-hybridized carbons (Fsp3) is 0.200. The lowest BCUT2D eigenvalue weighted by atomic mass is 10.2. The molecule has 0 saturated heterocycles. The van der Waals surface area contributed by atoms with Crippen molar-refractivity contribution in [3.05, 3.63) is 28.2 Å². The normalized spacial score (nSPS) is 10.5. The quantitative estimate of drug-likeness (QED) is 0.877. The average Bonchev–Trinajstić information content (AvgIpc) is 2.57. The third-order valence-corrected chi connectivity index (χ3v) is 3.08. The number of rotatable bonds is 2. The van der Waals surface area contributed by atoms with Crippen LogP contribution in [0.2, 0.25) is 4.47 Å². The molecule has 0 fully saturated rings. The first-order chi connectivity index (χ1) is 7.20. The van der Waals surface area contributed by atoms with E-state index in [1.165, 1.54) is 11.3 Å². The standard InChI is InChI=1S/C10H9ClN2OS/c1-2-12-9(14)6-3-4-7-8(5-6)15-10(11)13-7/h3-5H,2H2,1H3,(H,12,14). The molecule has 0 spiro atoms. The molecule has 0 bridgehead atoms. The maximum absolute atomic E-state index is 11.5. The molecule has 5 heteroatoms. The Balaban J connectivity index is 2.41. The topological polar surface area (TPSA) is 42.0 Å². The van der Waals surface area contributed by atoms with Crippen molar-refractivity contribution in [2.75, 3.05) is 6.54 Å². The minimum Gasteiger partial charge on any atom is -0.352 e. The Labute approximate surface area is 96.1 Å². The predicted octanol–water partition coefficient (Wildman–Crippen LogP) is 2.70. The van der Waals surface area contributed by atoms with E-state index < -0.39 is 0 Å². The Bertz CT molecular complexity index is 509. The van der Waals surface area contributed by atoms with E-state index in [0.29, 0.717) is 16.6 Å². The van der Waals surface area contributed by atoms with Gasteiger partial charge in [-0.2, -0.15) is 0 Å². The summed E-state index contributed by atoms with van der Waals surface area (Å²) in [5.74, 6) is -0.0658. The van der Waals surface area contributed by atoms with Crippen molar-refractivity contribution >= 4 is 39.1 Å². The van der Waals surface area contributed by atoms with Crippen LogP contribution in [0.4, 0.5) is 0 Å². The van der Waals surface area contributed by atoms with Crippen LogP contribution < -0.4 is 5.32 Å². The molecule has 1 amide bonds. The largest absolute Gasteiger partial charge is 0.352 e. The summed E-state index contributed by atoms with van der Waals surface area (Å²) in [5, 5.41) is 2.75. The minimum atomic E-state index is -0.0658. The number of aromatic nitrogens is 1. The summed E-state index contributed by atoms with van der Waals surface area (Å²) < 4.78 is 1.43. The number of halogens is 1. The molecule has 1 N–H and O–H groups in total. The molecule has 3 nitrogen and oxygen atoms in total. The number of nitrogens with one attached hydrogen (secondary N) is 1. The fourth-order valence-corrected chi connectivity index (χ4v) is 2.37. The molecule has 0 aliphatic rings. The molecule has 15 heavy (non-hydrogen) atoms. The van der Waals surface area contributed by atoms with E-state index in [0.717, 1.165) is 10.2 Å². The predicted molar refractivity (Wildman–Crippen MR) is 62.6 cm³/mol. The number of hydrogen-bond donors (Lipinski definition) is 1. The van der Waals surface area contributed by atoms with Gasteiger partial charge in [0, 0.05) is 12.1 Å². The Morgan fingerprint density at radius 2 is 2.40 bits per heavy atom. The maximum Gasteiger partial charge on any atom is 0.251 e. The summed E-state index contributed by atoms with van der Waals surface area (Å²) in [6, 6.07) is 5.37. The molecule has 0 aliphatic heterocycles. The van der Waals surface area contributed by atoms with Crippen molar-refractivity contribution in [2.24, 2.45) is 0 Å². The van der Waals surface area contributed by atoms with Gasteiger partial charge in [-0.1, -0.05) is 11.6 Å². The summed E-state index contributed by atoms with van der Waals surface area (Å²) in [6.07, 6.45) is 0. The molecular weight excluding hydrogens is 232 g/mol. The van der Waals surface area contributed by atoms with E-state index in [1.807, 2.05) is 19.1 Å². The minimum absolute atomic E-state index is 0.0658. The number of benzene rings is 1. The van der Waals surface area contributed by atoms with E-state index in [9.17, 15) is 4.79 Å². The lowest BCUT2D eigenvalue weighted by Crippen LogP contribution is -2.22. The number of carbonyl (C=O) groups is 1. The number of hydrogen-bond acceptors (Lipinski definition) is 3. The molecule has 1 aromatic heterocycles. The highest BCUT2D eigenvalue weighted by molar-refractivity contribution is 7.22. The first kappa shape index (κ1) is 10.4. The Hall–Kier alpha value is -1.13. The van der Waals surface area contributed by atoms with Crippen LogP contribution in [-0.4, -0.2) is 17.4 Å². The number of thiazole rings is 1. The number of fused-ring (bicyclic) bond motifs is 1. The number of nitrogens with zero attached hydrogens (tertiary/aromatic N) is 1. The molecule has 0 radical (unpaired) electrons. The van der Waals surface area contributed by atoms with E-state index in [2.05, 4.69) is 10.3 Å². The van der Waals surface area contributed by atoms with Gasteiger partial charge in [-0.25, -0.2) is 4.98 Å². The van der Waals surface area contributed by atoms with Crippen LogP contribution in [0.15, 0.2) is 18.2 Å². The van der Waals surface area contributed by atoms with E-state index >= 15 is 0 Å². The summed E-state index contributed by atoms with van der Waals surface area (Å²) in [6.45, 7) is 2.51. The van der Waals surface area contributed by atoms with Crippen molar-refractivity contribution in [3.63, 3.8) is 0 Å². The van der Waals surface area contributed by atoms with Crippen LogP contribution in [0.3, 0.4) is 0 Å². The third-order valence-electron chi connectivity index (χ3n) is 1.96. The van der Waals surface area contributed by atoms with Crippen molar-refractivity contribution in [3.8, 4) is 0 Å². The van der Waals surface area contributed by atoms with E-state index in [-0.39, 0.29) is 5.91 Å². The van der Waals surface area contributed by atoms with Gasteiger partial charge in [0.15, 0.2) is 4.47 Å². The molecule has 0 unspecified atom stereocenters. The Kier molecular flexibility index (Phi) is 2.88. The third kappa shape index (κ3) is 2.11. The Morgan fingerprint density at radius 3 is 3.13 bits per heavy atom. The van der Waals surface area contributed by atoms with Gasteiger partial charge in [-0.05, 0) is 25.1 Å². The van der Waals surface area contributed by atoms with Crippen LogP contribution in [0.5, 0.6) is 0 Å². The molecular formula is C10H9ClN2OS. The molecule has 2 rings (SSSR count). The molecule has 1 heterocycles. The van der Waals surface area contributed by atoms with Crippen LogP contribution in [0.25, 0.3) is 10.2 Å². The zero-order valence-corrected chi connectivity index (χ0v) is 9.65. The van der Waals surface area contributed by atoms with Gasteiger partial charge < -0.3 is 5.32 Å². The maximum atomic E-state index is 11.5. The smallest absolute Gasteiger partial charge is 0.251 e. The van der Waals surface area contributed by atoms with Crippen LogP contribution in [-0.2, 0) is 0 Å². The lowest BCUT2D eigenvalue weighted by molar-refractivity contribution is 0.0956. The summed E-state index contributed by atoms with van der Waals surface area (Å²) in [7, 11) is 0. The van der Waals surface area contributed by atoms with Crippen LogP contribution >= 0.6 is 22.9 Å². The van der Waals surface area contributed by atoms with Gasteiger partial charge in [-0.3, -0.25) is 4.79 Å². The average molecular weight is 241 g/mol. The van der Waals surface area contributed by atoms with Crippen molar-refractivity contribution in [1.82, 2.24) is 10.3 Å². The Morgan fingerprint density at radius 1 is 1.60 bits per heavy atom. The second kappa shape index (κ2) is 4.16. The van der Waals surface area contributed by atoms with Gasteiger partial charge in [0.1, 0.15) is 0 Å². The molecule has 78 valence electrons. The van der Waals surface area contributed by atoms with Gasteiger partial charge >= 0.3 is 0 Å². The van der Waals surface area contributed by atoms with Crippen LogP contribution in [0, 0.1) is 0 Å². The van der Waals surface area contributed by atoms with E-state index in [1.54, 1.807) is 6.07 Å². The van der Waals surface area contributed by atoms with Crippen LogP contribution in [0.1, 0.15) is 17.3 Å². The summed E-state index contributed by atoms with van der Waals surface area (Å²) in [4.78, 5) is 15.6. The lowest BCUT2D eigenvalue weighted by Gasteiger charge is -2.00. The van der Waals surface area contributed by atoms with E-state index in [4.69, 9.17) is 11.6 Å². The van der Waals surface area contributed by atoms with Gasteiger partial charge in [0.25, 0.3) is 5.91 Å². The van der Waals surface area contributed by atoms with Crippen molar-refractivity contribution < 1.29 is 4.79 Å². The first-order valence-corrected chi connectivity index (χ1v) is 5.74.